The van der Waals surface area contributed by atoms with E-state index in [0.29, 0.717) is 17.8 Å². The van der Waals surface area contributed by atoms with E-state index in [4.69, 9.17) is 0 Å². The van der Waals surface area contributed by atoms with Crippen LogP contribution in [0.3, 0.4) is 0 Å². The Kier molecular flexibility index (Phi) is 3.92. The molecule has 4 heteroatoms. The lowest BCUT2D eigenvalue weighted by atomic mass is 10.3. The number of aliphatic hydroxyl groups excluding tert-OH is 1. The van der Waals surface area contributed by atoms with Crippen LogP contribution in [-0.2, 0) is 0 Å². The fraction of sp³-hybridized carbons (Fsp3) is 0.444. The summed E-state index contributed by atoms with van der Waals surface area (Å²) in [4.78, 5) is 12.0. The summed E-state index contributed by atoms with van der Waals surface area (Å²) < 4.78 is 0. The fourth-order valence-corrected chi connectivity index (χ4v) is 1.49. The average molecular weight is 199 g/mol. The largest absolute Gasteiger partial charge is 0.391 e. The van der Waals surface area contributed by atoms with Gasteiger partial charge in [-0.15, -0.1) is 11.3 Å². The highest BCUT2D eigenvalue weighted by Crippen LogP contribution is 2.07. The van der Waals surface area contributed by atoms with E-state index >= 15 is 0 Å². The molecule has 1 aromatic rings. The van der Waals surface area contributed by atoms with Gasteiger partial charge in [-0.1, -0.05) is 13.0 Å². The zero-order valence-corrected chi connectivity index (χ0v) is 8.30. The average Bonchev–Trinajstić information content (AvgIpc) is 2.66. The van der Waals surface area contributed by atoms with Crippen LogP contribution in [0.4, 0.5) is 0 Å². The van der Waals surface area contributed by atoms with Gasteiger partial charge in [-0.2, -0.15) is 0 Å². The van der Waals surface area contributed by atoms with Gasteiger partial charge in [0.25, 0.3) is 5.91 Å². The lowest BCUT2D eigenvalue weighted by Gasteiger charge is -2.07. The normalized spacial score (nSPS) is 12.5. The maximum Gasteiger partial charge on any atom is 0.261 e. The van der Waals surface area contributed by atoms with Gasteiger partial charge >= 0.3 is 0 Å². The van der Waals surface area contributed by atoms with Crippen LogP contribution in [0.5, 0.6) is 0 Å². The summed E-state index contributed by atoms with van der Waals surface area (Å²) in [6.07, 6.45) is 0.217. The number of aliphatic hydroxyl groups is 1. The summed E-state index contributed by atoms with van der Waals surface area (Å²) in [6.45, 7) is 2.20. The van der Waals surface area contributed by atoms with Crippen LogP contribution < -0.4 is 5.32 Å². The third-order valence-electron chi connectivity index (χ3n) is 1.71. The summed E-state index contributed by atoms with van der Waals surface area (Å²) in [6, 6.07) is 3.59. The van der Waals surface area contributed by atoms with Crippen LogP contribution in [0.2, 0.25) is 0 Å². The van der Waals surface area contributed by atoms with Gasteiger partial charge < -0.3 is 10.4 Å². The van der Waals surface area contributed by atoms with Gasteiger partial charge in [-0.05, 0) is 17.9 Å². The molecule has 0 aliphatic heterocycles. The van der Waals surface area contributed by atoms with E-state index in [0.717, 1.165) is 0 Å². The Morgan fingerprint density at radius 3 is 3.08 bits per heavy atom. The first kappa shape index (κ1) is 10.2. The molecule has 0 saturated heterocycles. The SMILES string of the molecule is CCC(O)CNC(=O)c1cccs1. The van der Waals surface area contributed by atoms with Gasteiger partial charge in [0.1, 0.15) is 0 Å². The number of amides is 1. The first-order valence-corrected chi connectivity index (χ1v) is 5.11. The number of rotatable bonds is 4. The van der Waals surface area contributed by atoms with Gasteiger partial charge in [0.05, 0.1) is 11.0 Å². The van der Waals surface area contributed by atoms with Crippen LogP contribution in [-0.4, -0.2) is 23.7 Å². The van der Waals surface area contributed by atoms with E-state index in [-0.39, 0.29) is 5.91 Å². The van der Waals surface area contributed by atoms with Gasteiger partial charge in [0.15, 0.2) is 0 Å². The minimum Gasteiger partial charge on any atom is -0.391 e. The summed E-state index contributed by atoms with van der Waals surface area (Å²) in [5.74, 6) is -0.109. The maximum absolute atomic E-state index is 11.3. The zero-order chi connectivity index (χ0) is 9.68. The van der Waals surface area contributed by atoms with Crippen molar-refractivity contribution in [1.29, 1.82) is 0 Å². The molecule has 2 N–H and O–H groups in total. The van der Waals surface area contributed by atoms with Crippen molar-refractivity contribution in [2.75, 3.05) is 6.54 Å². The van der Waals surface area contributed by atoms with E-state index < -0.39 is 6.10 Å². The standard InChI is InChI=1S/C9H13NO2S/c1-2-7(11)6-10-9(12)8-4-3-5-13-8/h3-5,7,11H,2,6H2,1H3,(H,10,12). The van der Waals surface area contributed by atoms with Gasteiger partial charge in [0.2, 0.25) is 0 Å². The molecule has 1 aromatic heterocycles. The minimum atomic E-state index is -0.441. The molecule has 13 heavy (non-hydrogen) atoms. The van der Waals surface area contributed by atoms with E-state index in [1.807, 2.05) is 18.4 Å². The van der Waals surface area contributed by atoms with Gasteiger partial charge in [0, 0.05) is 6.54 Å². The smallest absolute Gasteiger partial charge is 0.261 e. The van der Waals surface area contributed by atoms with Crippen molar-refractivity contribution < 1.29 is 9.90 Å². The van der Waals surface area contributed by atoms with Crippen LogP contribution in [0.15, 0.2) is 17.5 Å². The van der Waals surface area contributed by atoms with Crippen molar-refractivity contribution in [3.63, 3.8) is 0 Å². The summed E-state index contributed by atoms with van der Waals surface area (Å²) in [7, 11) is 0. The van der Waals surface area contributed by atoms with E-state index in [9.17, 15) is 9.90 Å². The number of hydrogen-bond donors (Lipinski definition) is 2. The molecule has 1 atom stereocenters. The topological polar surface area (TPSA) is 49.3 Å². The third-order valence-corrected chi connectivity index (χ3v) is 2.58. The summed E-state index contributed by atoms with van der Waals surface area (Å²) >= 11 is 1.40. The second-order valence-electron chi connectivity index (χ2n) is 2.75. The monoisotopic (exact) mass is 199 g/mol. The highest BCUT2D eigenvalue weighted by molar-refractivity contribution is 7.12. The Bertz CT molecular complexity index is 259. The van der Waals surface area contributed by atoms with Crippen molar-refractivity contribution in [3.05, 3.63) is 22.4 Å². The second-order valence-corrected chi connectivity index (χ2v) is 3.70. The van der Waals surface area contributed by atoms with E-state index in [1.54, 1.807) is 6.07 Å². The van der Waals surface area contributed by atoms with Crippen molar-refractivity contribution >= 4 is 17.2 Å². The quantitative estimate of drug-likeness (QED) is 0.766. The van der Waals surface area contributed by atoms with Crippen molar-refractivity contribution in [2.24, 2.45) is 0 Å². The predicted molar refractivity (Wildman–Crippen MR) is 53.0 cm³/mol. The van der Waals surface area contributed by atoms with Crippen LogP contribution in [0.1, 0.15) is 23.0 Å². The van der Waals surface area contributed by atoms with Gasteiger partial charge in [-0.25, -0.2) is 0 Å². The van der Waals surface area contributed by atoms with Crippen molar-refractivity contribution in [2.45, 2.75) is 19.4 Å². The highest BCUT2D eigenvalue weighted by atomic mass is 32.1. The molecule has 0 aliphatic rings. The Morgan fingerprint density at radius 2 is 2.54 bits per heavy atom. The molecular weight excluding hydrogens is 186 g/mol. The third kappa shape index (κ3) is 3.16. The molecule has 0 saturated carbocycles. The van der Waals surface area contributed by atoms with Crippen LogP contribution >= 0.6 is 11.3 Å². The molecule has 0 fully saturated rings. The first-order chi connectivity index (χ1) is 6.24. The highest BCUT2D eigenvalue weighted by Gasteiger charge is 2.07. The lowest BCUT2D eigenvalue weighted by molar-refractivity contribution is 0.0918. The molecule has 1 rings (SSSR count). The Balaban J connectivity index is 2.35. The second kappa shape index (κ2) is 4.99. The van der Waals surface area contributed by atoms with Crippen molar-refractivity contribution in [1.82, 2.24) is 5.32 Å². The fourth-order valence-electron chi connectivity index (χ4n) is 0.850. The predicted octanol–water partition coefficient (Wildman–Crippen LogP) is 1.25. The first-order valence-electron chi connectivity index (χ1n) is 4.23. The van der Waals surface area contributed by atoms with Crippen molar-refractivity contribution in [3.8, 4) is 0 Å². The molecule has 0 spiro atoms. The summed E-state index contributed by atoms with van der Waals surface area (Å²) in [5.41, 5.74) is 0. The molecule has 0 radical (unpaired) electrons. The molecule has 0 aromatic carbocycles. The Hall–Kier alpha value is -0.870. The molecule has 1 amide bonds. The van der Waals surface area contributed by atoms with Crippen LogP contribution in [0.25, 0.3) is 0 Å². The maximum atomic E-state index is 11.3. The summed E-state index contributed by atoms with van der Waals surface area (Å²) in [5, 5.41) is 13.7. The Morgan fingerprint density at radius 1 is 1.77 bits per heavy atom. The molecular formula is C9H13NO2S. The zero-order valence-electron chi connectivity index (χ0n) is 7.49. The van der Waals surface area contributed by atoms with E-state index in [2.05, 4.69) is 5.32 Å². The van der Waals surface area contributed by atoms with Crippen LogP contribution in [0, 0.1) is 0 Å². The van der Waals surface area contributed by atoms with Gasteiger partial charge in [-0.3, -0.25) is 4.79 Å². The molecule has 1 heterocycles. The molecule has 0 aliphatic carbocycles. The number of hydrogen-bond acceptors (Lipinski definition) is 3. The minimum absolute atomic E-state index is 0.109. The number of carbonyl (C=O) groups excluding carboxylic acids is 1. The Labute approximate surface area is 81.4 Å². The molecule has 3 nitrogen and oxygen atoms in total. The molecule has 72 valence electrons. The number of nitrogens with one attached hydrogen (secondary N) is 1. The lowest BCUT2D eigenvalue weighted by Crippen LogP contribution is -2.31. The molecule has 1 unspecified atom stereocenters. The molecule has 0 bridgehead atoms. The number of thiophene rings is 1. The van der Waals surface area contributed by atoms with E-state index in [1.165, 1.54) is 11.3 Å². The number of carbonyl (C=O) groups is 1.